The minimum Gasteiger partial charge on any atom is -0.309 e. The minimum absolute atomic E-state index is 0.879. The van der Waals surface area contributed by atoms with Crippen LogP contribution in [-0.2, 0) is 25.7 Å². The highest BCUT2D eigenvalue weighted by atomic mass is 15.0. The minimum atomic E-state index is 0.879. The summed E-state index contributed by atoms with van der Waals surface area (Å²) in [6.45, 7) is 0. The van der Waals surface area contributed by atoms with E-state index in [0.717, 1.165) is 92.9 Å². The van der Waals surface area contributed by atoms with Gasteiger partial charge in [0.1, 0.15) is 0 Å². The van der Waals surface area contributed by atoms with Crippen LogP contribution in [0.4, 0.5) is 0 Å². The lowest BCUT2D eigenvalue weighted by Crippen LogP contribution is -1.99. The van der Waals surface area contributed by atoms with Crippen molar-refractivity contribution in [2.24, 2.45) is 0 Å². The summed E-state index contributed by atoms with van der Waals surface area (Å²) in [5, 5.41) is 2.44. The smallest absolute Gasteiger partial charge is 0.0709 e. The quantitative estimate of drug-likeness (QED) is 0.109. The molecule has 0 atom stereocenters. The van der Waals surface area contributed by atoms with E-state index in [4.69, 9.17) is 15.0 Å². The predicted octanol–water partition coefficient (Wildman–Crippen LogP) is 18.2. The molecule has 9 aromatic carbocycles. The van der Waals surface area contributed by atoms with Crippen LogP contribution in [0.15, 0.2) is 279 Å². The van der Waals surface area contributed by atoms with Gasteiger partial charge in [-0.1, -0.05) is 218 Å². The number of fused-ring (bicyclic) bond motifs is 3. The number of hydrogen-bond acceptors (Lipinski definition) is 3. The molecule has 0 amide bonds. The standard InChI is InChI=1S/C73H54N4/c1-5-17-55(18-6-1)56-35-37-57(38-36-56)67-47-71(60-39-40-66-65-27-15-16-28-72(65)77(73(66)46-60)62-23-11-4-12-24-62)76-50-68(67)64-26-14-13-25-63(64)61-44-53(31-29-51-33-41-69(74-48-51)58-19-7-2-8-20-58)43-54(45-61)32-30-52-34-42-70(75-49-52)59-21-9-3-10-22-59/h1-28,33-50H,29-32H2. The van der Waals surface area contributed by atoms with Crippen molar-refractivity contribution in [3.8, 4) is 84.0 Å². The lowest BCUT2D eigenvalue weighted by atomic mass is 9.87. The van der Waals surface area contributed by atoms with Gasteiger partial charge in [0, 0.05) is 57.3 Å². The molecule has 0 aliphatic rings. The third-order valence-electron chi connectivity index (χ3n) is 15.0. The van der Waals surface area contributed by atoms with E-state index in [2.05, 4.69) is 259 Å². The first-order valence-electron chi connectivity index (χ1n) is 26.6. The van der Waals surface area contributed by atoms with Crippen molar-refractivity contribution in [1.82, 2.24) is 19.5 Å². The summed E-state index contributed by atoms with van der Waals surface area (Å²) in [5.41, 5.74) is 23.9. The molecule has 0 aliphatic carbocycles. The summed E-state index contributed by atoms with van der Waals surface area (Å²) in [7, 11) is 0. The Hall–Kier alpha value is -9.77. The highest BCUT2D eigenvalue weighted by molar-refractivity contribution is 6.10. The fourth-order valence-corrected chi connectivity index (χ4v) is 11.0. The zero-order valence-electron chi connectivity index (χ0n) is 42.7. The van der Waals surface area contributed by atoms with Gasteiger partial charge in [0.15, 0.2) is 0 Å². The van der Waals surface area contributed by atoms with Gasteiger partial charge in [-0.2, -0.15) is 0 Å². The third kappa shape index (κ3) is 9.89. The molecule has 366 valence electrons. The van der Waals surface area contributed by atoms with E-state index < -0.39 is 0 Å². The number of pyridine rings is 3. The van der Waals surface area contributed by atoms with Gasteiger partial charge in [0.05, 0.1) is 28.1 Å². The summed E-state index contributed by atoms with van der Waals surface area (Å²) in [6, 6.07) is 93.8. The van der Waals surface area contributed by atoms with Crippen LogP contribution in [0.5, 0.6) is 0 Å². The first-order chi connectivity index (χ1) is 38.1. The Bertz CT molecular complexity index is 4050. The van der Waals surface area contributed by atoms with Crippen LogP contribution in [0, 0.1) is 0 Å². The SMILES string of the molecule is c1ccc(-c2ccc(-c3cc(-c4ccc5c6ccccc6n(-c6ccccc6)c5c4)ncc3-c3ccccc3-c3cc(CCc4ccc(-c5ccccc5)nc4)cc(CCc4ccc(-c5ccccc5)nc4)c3)cc2)cc1. The molecule has 0 N–H and O–H groups in total. The number of aryl methyl sites for hydroxylation is 4. The van der Waals surface area contributed by atoms with Crippen LogP contribution in [0.3, 0.4) is 0 Å². The second-order valence-corrected chi connectivity index (χ2v) is 19.9. The molecule has 0 radical (unpaired) electrons. The first-order valence-corrected chi connectivity index (χ1v) is 26.6. The normalized spacial score (nSPS) is 11.3. The van der Waals surface area contributed by atoms with Crippen molar-refractivity contribution < 1.29 is 0 Å². The van der Waals surface area contributed by atoms with Gasteiger partial charge < -0.3 is 4.57 Å². The number of benzene rings is 9. The second kappa shape index (κ2) is 21.2. The summed E-state index contributed by atoms with van der Waals surface area (Å²) in [6.07, 6.45) is 9.71. The molecule has 0 bridgehead atoms. The van der Waals surface area contributed by atoms with E-state index in [9.17, 15) is 0 Å². The summed E-state index contributed by atoms with van der Waals surface area (Å²) >= 11 is 0. The molecule has 4 heteroatoms. The van der Waals surface area contributed by atoms with Gasteiger partial charge in [0.25, 0.3) is 0 Å². The maximum Gasteiger partial charge on any atom is 0.0709 e. The summed E-state index contributed by atoms with van der Waals surface area (Å²) in [5.74, 6) is 0. The molecular formula is C73H54N4. The molecule has 77 heavy (non-hydrogen) atoms. The Morgan fingerprint density at radius 3 is 1.34 bits per heavy atom. The Labute approximate surface area is 450 Å². The number of rotatable bonds is 14. The topological polar surface area (TPSA) is 43.6 Å². The van der Waals surface area contributed by atoms with Crippen molar-refractivity contribution in [2.45, 2.75) is 25.7 Å². The molecule has 0 fully saturated rings. The molecule has 4 aromatic heterocycles. The van der Waals surface area contributed by atoms with Crippen LogP contribution in [0.25, 0.3) is 106 Å². The molecule has 0 saturated heterocycles. The maximum atomic E-state index is 5.37. The molecule has 13 aromatic rings. The van der Waals surface area contributed by atoms with Gasteiger partial charge in [0.2, 0.25) is 0 Å². The predicted molar refractivity (Wildman–Crippen MR) is 320 cm³/mol. The van der Waals surface area contributed by atoms with Gasteiger partial charge in [-0.15, -0.1) is 0 Å². The largest absolute Gasteiger partial charge is 0.309 e. The van der Waals surface area contributed by atoms with Crippen LogP contribution in [-0.4, -0.2) is 19.5 Å². The van der Waals surface area contributed by atoms with E-state index in [1.165, 1.54) is 60.8 Å². The van der Waals surface area contributed by atoms with E-state index in [1.807, 2.05) is 24.5 Å². The van der Waals surface area contributed by atoms with Crippen molar-refractivity contribution in [3.05, 3.63) is 302 Å². The van der Waals surface area contributed by atoms with E-state index >= 15 is 0 Å². The molecule has 4 heterocycles. The fourth-order valence-electron chi connectivity index (χ4n) is 11.0. The van der Waals surface area contributed by atoms with Gasteiger partial charge in [-0.25, -0.2) is 0 Å². The van der Waals surface area contributed by atoms with Crippen molar-refractivity contribution in [3.63, 3.8) is 0 Å². The Morgan fingerprint density at radius 2 is 0.727 bits per heavy atom. The van der Waals surface area contributed by atoms with E-state index in [0.29, 0.717) is 0 Å². The Kier molecular flexibility index (Phi) is 12.9. The first kappa shape index (κ1) is 47.0. The summed E-state index contributed by atoms with van der Waals surface area (Å²) < 4.78 is 2.38. The van der Waals surface area contributed by atoms with Crippen LogP contribution >= 0.6 is 0 Å². The molecule has 0 unspecified atom stereocenters. The van der Waals surface area contributed by atoms with E-state index in [-0.39, 0.29) is 0 Å². The molecule has 0 aliphatic heterocycles. The van der Waals surface area contributed by atoms with Crippen LogP contribution < -0.4 is 0 Å². The molecular weight excluding hydrogens is 933 g/mol. The third-order valence-corrected chi connectivity index (χ3v) is 15.0. The molecule has 4 nitrogen and oxygen atoms in total. The zero-order chi connectivity index (χ0) is 51.3. The van der Waals surface area contributed by atoms with Crippen molar-refractivity contribution in [2.75, 3.05) is 0 Å². The van der Waals surface area contributed by atoms with Crippen molar-refractivity contribution >= 4 is 21.8 Å². The average Bonchev–Trinajstić information content (AvgIpc) is 3.93. The van der Waals surface area contributed by atoms with Gasteiger partial charge in [-0.3, -0.25) is 15.0 Å². The highest BCUT2D eigenvalue weighted by Crippen LogP contribution is 2.42. The lowest BCUT2D eigenvalue weighted by Gasteiger charge is -2.18. The van der Waals surface area contributed by atoms with Crippen LogP contribution in [0.2, 0.25) is 0 Å². The van der Waals surface area contributed by atoms with Gasteiger partial charge in [-0.05, 0) is 129 Å². The Balaban J connectivity index is 0.900. The maximum absolute atomic E-state index is 5.37. The second-order valence-electron chi connectivity index (χ2n) is 19.9. The molecule has 0 spiro atoms. The lowest BCUT2D eigenvalue weighted by molar-refractivity contribution is 0.923. The Morgan fingerprint density at radius 1 is 0.247 bits per heavy atom. The molecule has 0 saturated carbocycles. The zero-order valence-corrected chi connectivity index (χ0v) is 42.7. The van der Waals surface area contributed by atoms with Crippen LogP contribution in [0.1, 0.15) is 22.3 Å². The number of hydrogen-bond donors (Lipinski definition) is 0. The van der Waals surface area contributed by atoms with Gasteiger partial charge >= 0.3 is 0 Å². The number of para-hydroxylation sites is 2. The monoisotopic (exact) mass is 986 g/mol. The van der Waals surface area contributed by atoms with Crippen molar-refractivity contribution in [1.29, 1.82) is 0 Å². The summed E-state index contributed by atoms with van der Waals surface area (Å²) in [4.78, 5) is 15.1. The number of aromatic nitrogens is 4. The number of nitrogens with zero attached hydrogens (tertiary/aromatic N) is 4. The van der Waals surface area contributed by atoms with E-state index in [1.54, 1.807) is 0 Å². The fraction of sp³-hybridized carbons (Fsp3) is 0.0548. The highest BCUT2D eigenvalue weighted by Gasteiger charge is 2.19. The average molecular weight is 987 g/mol. The molecule has 13 rings (SSSR count).